The summed E-state index contributed by atoms with van der Waals surface area (Å²) in [5.74, 6) is -1.22. The molecule has 2 rings (SSSR count). The Morgan fingerprint density at radius 3 is 2.44 bits per heavy atom. The van der Waals surface area contributed by atoms with Gasteiger partial charge in [0, 0.05) is 25.0 Å². The van der Waals surface area contributed by atoms with Gasteiger partial charge < -0.3 is 5.32 Å². The molecule has 2 aromatic rings. The van der Waals surface area contributed by atoms with Crippen LogP contribution < -0.4 is 5.32 Å². The average Bonchev–Trinajstić information content (AvgIpc) is 2.79. The number of rotatable bonds is 4. The molecule has 0 fully saturated rings. The van der Waals surface area contributed by atoms with Crippen LogP contribution in [0.4, 0.5) is 8.78 Å². The van der Waals surface area contributed by atoms with Gasteiger partial charge >= 0.3 is 0 Å². The van der Waals surface area contributed by atoms with Gasteiger partial charge in [0.1, 0.15) is 5.69 Å². The van der Waals surface area contributed by atoms with Crippen LogP contribution in [0, 0.1) is 11.6 Å². The smallest absolute Gasteiger partial charge is 0.152 e. The number of hydrogen-bond acceptors (Lipinski definition) is 2. The Balaban J connectivity index is 2.30. The highest BCUT2D eigenvalue weighted by atomic mass is 19.1. The number of nitrogens with one attached hydrogen (secondary N) is 1. The molecule has 1 aromatic carbocycles. The zero-order valence-corrected chi connectivity index (χ0v) is 10.3. The summed E-state index contributed by atoms with van der Waals surface area (Å²) in [6, 6.07) is 4.54. The Kier molecular flexibility index (Phi) is 3.72. The van der Waals surface area contributed by atoms with Crippen LogP contribution in [-0.4, -0.2) is 15.8 Å². The first kappa shape index (κ1) is 12.7. The van der Waals surface area contributed by atoms with Crippen molar-refractivity contribution in [3.63, 3.8) is 0 Å². The quantitative estimate of drug-likeness (QED) is 0.905. The monoisotopic (exact) mass is 251 g/mol. The second-order valence-corrected chi connectivity index (χ2v) is 4.39. The Labute approximate surface area is 104 Å². The van der Waals surface area contributed by atoms with Crippen molar-refractivity contribution in [2.45, 2.75) is 26.4 Å². The molecule has 96 valence electrons. The minimum absolute atomic E-state index is 0.145. The molecule has 0 saturated carbocycles. The normalized spacial score (nSPS) is 11.2. The standard InChI is InChI=1S/C13H15F2N3/c1-9(2)16-8-10-6-11(14)13(12(15)7-10)18-5-3-4-17-18/h3-7,9,16H,8H2,1-2H3. The van der Waals surface area contributed by atoms with E-state index in [2.05, 4.69) is 10.4 Å². The van der Waals surface area contributed by atoms with Crippen LogP contribution in [0.25, 0.3) is 5.69 Å². The van der Waals surface area contributed by atoms with Crippen LogP contribution in [0.5, 0.6) is 0 Å². The van der Waals surface area contributed by atoms with E-state index in [0.29, 0.717) is 12.1 Å². The predicted molar refractivity (Wildman–Crippen MR) is 65.5 cm³/mol. The molecule has 3 nitrogen and oxygen atoms in total. The SMILES string of the molecule is CC(C)NCc1cc(F)c(-n2cccn2)c(F)c1. The van der Waals surface area contributed by atoms with Gasteiger partial charge in [-0.15, -0.1) is 0 Å². The van der Waals surface area contributed by atoms with Gasteiger partial charge in [0.25, 0.3) is 0 Å². The summed E-state index contributed by atoms with van der Waals surface area (Å²) >= 11 is 0. The molecule has 5 heteroatoms. The molecule has 0 spiro atoms. The van der Waals surface area contributed by atoms with E-state index in [1.807, 2.05) is 13.8 Å². The molecular formula is C13H15F2N3. The molecule has 0 unspecified atom stereocenters. The van der Waals surface area contributed by atoms with Crippen LogP contribution in [0.15, 0.2) is 30.6 Å². The van der Waals surface area contributed by atoms with Crippen molar-refractivity contribution in [3.05, 3.63) is 47.8 Å². The van der Waals surface area contributed by atoms with E-state index in [4.69, 9.17) is 0 Å². The lowest BCUT2D eigenvalue weighted by atomic mass is 10.1. The third-order valence-corrected chi connectivity index (χ3v) is 2.52. The lowest BCUT2D eigenvalue weighted by Gasteiger charge is -2.11. The van der Waals surface area contributed by atoms with Crippen LogP contribution in [0.2, 0.25) is 0 Å². The van der Waals surface area contributed by atoms with Crippen LogP contribution in [-0.2, 0) is 6.54 Å². The van der Waals surface area contributed by atoms with Crippen molar-refractivity contribution in [3.8, 4) is 5.69 Å². The van der Waals surface area contributed by atoms with Gasteiger partial charge in [-0.25, -0.2) is 13.5 Å². The number of halogens is 2. The minimum Gasteiger partial charge on any atom is -0.310 e. The summed E-state index contributed by atoms with van der Waals surface area (Å²) in [6.45, 7) is 4.39. The lowest BCUT2D eigenvalue weighted by molar-refractivity contribution is 0.546. The molecular weight excluding hydrogens is 236 g/mol. The fourth-order valence-corrected chi connectivity index (χ4v) is 1.66. The summed E-state index contributed by atoms with van der Waals surface area (Å²) in [5.41, 5.74) is 0.433. The van der Waals surface area contributed by atoms with Gasteiger partial charge in [-0.05, 0) is 23.8 Å². The maximum Gasteiger partial charge on any atom is 0.152 e. The van der Waals surface area contributed by atoms with Crippen molar-refractivity contribution in [1.29, 1.82) is 0 Å². The highest BCUT2D eigenvalue weighted by Crippen LogP contribution is 2.19. The van der Waals surface area contributed by atoms with Crippen molar-refractivity contribution >= 4 is 0 Å². The summed E-state index contributed by atoms with van der Waals surface area (Å²) in [4.78, 5) is 0. The van der Waals surface area contributed by atoms with E-state index in [9.17, 15) is 8.78 Å². The Hall–Kier alpha value is -1.75. The van der Waals surface area contributed by atoms with Crippen LogP contribution in [0.1, 0.15) is 19.4 Å². The first-order valence-electron chi connectivity index (χ1n) is 5.79. The molecule has 0 bridgehead atoms. The third-order valence-electron chi connectivity index (χ3n) is 2.52. The van der Waals surface area contributed by atoms with Crippen molar-refractivity contribution in [2.75, 3.05) is 0 Å². The highest BCUT2D eigenvalue weighted by Gasteiger charge is 2.13. The molecule has 0 radical (unpaired) electrons. The molecule has 1 aromatic heterocycles. The summed E-state index contributed by atoms with van der Waals surface area (Å²) < 4.78 is 28.9. The second kappa shape index (κ2) is 5.27. The van der Waals surface area contributed by atoms with Crippen LogP contribution in [0.3, 0.4) is 0 Å². The highest BCUT2D eigenvalue weighted by molar-refractivity contribution is 5.37. The third kappa shape index (κ3) is 2.73. The predicted octanol–water partition coefficient (Wildman–Crippen LogP) is 2.65. The molecule has 1 N–H and O–H groups in total. The zero-order chi connectivity index (χ0) is 13.1. The van der Waals surface area contributed by atoms with Gasteiger partial charge in [0.15, 0.2) is 11.6 Å². The minimum atomic E-state index is -0.612. The van der Waals surface area contributed by atoms with E-state index in [1.54, 1.807) is 6.07 Å². The van der Waals surface area contributed by atoms with Crippen molar-refractivity contribution in [1.82, 2.24) is 15.1 Å². The molecule has 0 aliphatic carbocycles. The molecule has 18 heavy (non-hydrogen) atoms. The average molecular weight is 251 g/mol. The molecule has 0 amide bonds. The first-order chi connectivity index (χ1) is 8.58. The van der Waals surface area contributed by atoms with Crippen molar-refractivity contribution < 1.29 is 8.78 Å². The lowest BCUT2D eigenvalue weighted by Crippen LogP contribution is -2.22. The summed E-state index contributed by atoms with van der Waals surface area (Å²) in [5, 5.41) is 6.95. The van der Waals surface area contributed by atoms with Crippen molar-refractivity contribution in [2.24, 2.45) is 0 Å². The summed E-state index contributed by atoms with van der Waals surface area (Å²) in [6.07, 6.45) is 2.99. The number of benzene rings is 1. The van der Waals surface area contributed by atoms with E-state index in [1.165, 1.54) is 29.2 Å². The Morgan fingerprint density at radius 2 is 1.94 bits per heavy atom. The fraction of sp³-hybridized carbons (Fsp3) is 0.308. The second-order valence-electron chi connectivity index (χ2n) is 4.39. The number of aromatic nitrogens is 2. The van der Waals surface area contributed by atoms with Crippen LogP contribution >= 0.6 is 0 Å². The largest absolute Gasteiger partial charge is 0.310 e. The summed E-state index contributed by atoms with van der Waals surface area (Å²) in [7, 11) is 0. The maximum absolute atomic E-state index is 13.9. The van der Waals surface area contributed by atoms with Gasteiger partial charge in [0.05, 0.1) is 0 Å². The van der Waals surface area contributed by atoms with Gasteiger partial charge in [0.2, 0.25) is 0 Å². The molecule has 0 atom stereocenters. The molecule has 0 aliphatic heterocycles. The topological polar surface area (TPSA) is 29.9 Å². The molecule has 1 heterocycles. The van der Waals surface area contributed by atoms with Gasteiger partial charge in [-0.3, -0.25) is 0 Å². The fourth-order valence-electron chi connectivity index (χ4n) is 1.66. The number of hydrogen-bond donors (Lipinski definition) is 1. The molecule has 0 aliphatic rings. The Morgan fingerprint density at radius 1 is 1.28 bits per heavy atom. The van der Waals surface area contributed by atoms with Gasteiger partial charge in [-0.2, -0.15) is 5.10 Å². The van der Waals surface area contributed by atoms with E-state index < -0.39 is 11.6 Å². The molecule has 0 saturated heterocycles. The van der Waals surface area contributed by atoms with E-state index in [-0.39, 0.29) is 11.7 Å². The first-order valence-corrected chi connectivity index (χ1v) is 5.79. The van der Waals surface area contributed by atoms with Gasteiger partial charge in [-0.1, -0.05) is 13.8 Å². The van der Waals surface area contributed by atoms with E-state index in [0.717, 1.165) is 0 Å². The number of nitrogens with zero attached hydrogens (tertiary/aromatic N) is 2. The maximum atomic E-state index is 13.9. The zero-order valence-electron chi connectivity index (χ0n) is 10.3. The van der Waals surface area contributed by atoms with E-state index >= 15 is 0 Å². The Bertz CT molecular complexity index is 498.